The minimum Gasteiger partial charge on any atom is -0.459 e. The molecule has 2 aromatic carbocycles. The first-order valence-corrected chi connectivity index (χ1v) is 14.7. The normalized spacial score (nSPS) is 14.1. The van der Waals surface area contributed by atoms with E-state index >= 15 is 0 Å². The Bertz CT molecular complexity index is 1610. The van der Waals surface area contributed by atoms with Crippen molar-refractivity contribution in [3.8, 4) is 22.4 Å². The molecule has 1 aliphatic heterocycles. The molecule has 2 aromatic heterocycles. The number of aromatic amines is 1. The molecule has 7 nitrogen and oxygen atoms in total. The van der Waals surface area contributed by atoms with Gasteiger partial charge in [-0.2, -0.15) is 0 Å². The van der Waals surface area contributed by atoms with Gasteiger partial charge in [-0.25, -0.2) is 9.78 Å². The third-order valence-electron chi connectivity index (χ3n) is 8.02. The Morgan fingerprint density at radius 2 is 1.69 bits per heavy atom. The van der Waals surface area contributed by atoms with Gasteiger partial charge in [0.25, 0.3) is 0 Å². The van der Waals surface area contributed by atoms with Crippen LogP contribution in [0.4, 0.5) is 5.69 Å². The van der Waals surface area contributed by atoms with Gasteiger partial charge in [-0.05, 0) is 81.1 Å². The van der Waals surface area contributed by atoms with Gasteiger partial charge >= 0.3 is 5.97 Å². The second kappa shape index (κ2) is 12.3. The summed E-state index contributed by atoms with van der Waals surface area (Å²) in [7, 11) is 0. The number of H-pyrrole nitrogens is 1. The third-order valence-corrected chi connectivity index (χ3v) is 8.02. The average Bonchev–Trinajstić information content (AvgIpc) is 3.37. The molecule has 42 heavy (non-hydrogen) atoms. The van der Waals surface area contributed by atoms with Crippen LogP contribution in [0, 0.1) is 6.92 Å². The van der Waals surface area contributed by atoms with Gasteiger partial charge in [0, 0.05) is 61.5 Å². The number of rotatable bonds is 9. The summed E-state index contributed by atoms with van der Waals surface area (Å²) in [5.74, 6) is -0.434. The van der Waals surface area contributed by atoms with Crippen molar-refractivity contribution in [1.29, 1.82) is 0 Å². The van der Waals surface area contributed by atoms with Crippen molar-refractivity contribution >= 4 is 28.5 Å². The molecule has 0 spiro atoms. The van der Waals surface area contributed by atoms with Crippen LogP contribution in [0.25, 0.3) is 33.4 Å². The molecule has 4 aromatic rings. The number of carbonyl (C=O) groups excluding carboxylic acids is 2. The molecule has 0 atom stereocenters. The van der Waals surface area contributed by atoms with Crippen molar-refractivity contribution in [3.05, 3.63) is 84.1 Å². The molecule has 1 fully saturated rings. The monoisotopic (exact) mass is 564 g/mol. The number of anilines is 1. The number of piperazine rings is 1. The molecular formula is C35H40N4O3. The van der Waals surface area contributed by atoms with Crippen LogP contribution in [0.1, 0.15) is 49.2 Å². The van der Waals surface area contributed by atoms with Crippen LogP contribution in [0.3, 0.4) is 0 Å². The van der Waals surface area contributed by atoms with Gasteiger partial charge in [0.1, 0.15) is 5.65 Å². The number of carbonyl (C=O) groups is 2. The Morgan fingerprint density at radius 1 is 1.00 bits per heavy atom. The Balaban J connectivity index is 1.58. The summed E-state index contributed by atoms with van der Waals surface area (Å²) in [6.45, 7) is 17.9. The number of esters is 1. The Kier molecular flexibility index (Phi) is 8.59. The highest BCUT2D eigenvalue weighted by Crippen LogP contribution is 2.39. The summed E-state index contributed by atoms with van der Waals surface area (Å²) in [5, 5.41) is 0.821. The molecule has 1 aliphatic rings. The molecule has 0 amide bonds. The largest absolute Gasteiger partial charge is 0.459 e. The molecule has 3 heterocycles. The van der Waals surface area contributed by atoms with Crippen LogP contribution >= 0.6 is 0 Å². The highest BCUT2D eigenvalue weighted by molar-refractivity contribution is 6.05. The second-order valence-corrected chi connectivity index (χ2v) is 11.6. The molecule has 5 rings (SSSR count). The fraction of sp³-hybridized carbons (Fsp3) is 0.343. The van der Waals surface area contributed by atoms with Gasteiger partial charge in [0.2, 0.25) is 0 Å². The molecule has 1 saturated heterocycles. The topological polar surface area (TPSA) is 78.5 Å². The standard InChI is InChI=1S/C35H40N4O3/c1-7-30(40)19-27-18-26(9-8-24(27)6)32-31-20-28(35(41)42-23(4)5)21-36-34(31)37-33(32)25-10-12-29(13-11-25)39-16-14-38(15-17-39)22(2)3/h7-13,18,20-23H,1,14-17,19H2,2-6H3,(H,36,37). The maximum atomic E-state index is 12.8. The van der Waals surface area contributed by atoms with Crippen LogP contribution in [-0.4, -0.2) is 64.9 Å². The smallest absolute Gasteiger partial charge is 0.339 e. The molecule has 7 heteroatoms. The van der Waals surface area contributed by atoms with Crippen molar-refractivity contribution in [2.45, 2.75) is 53.2 Å². The SMILES string of the molecule is C=CC(=O)Cc1cc(-c2c(-c3ccc(N4CCN(C(C)C)CC4)cc3)[nH]c3ncc(C(=O)OC(C)C)cc23)ccc1C. The lowest BCUT2D eigenvalue weighted by molar-refractivity contribution is -0.114. The number of ether oxygens (including phenoxy) is 1. The average molecular weight is 565 g/mol. The van der Waals surface area contributed by atoms with E-state index in [0.717, 1.165) is 65.1 Å². The fourth-order valence-electron chi connectivity index (χ4n) is 5.59. The minimum absolute atomic E-state index is 0.0281. The lowest BCUT2D eigenvalue weighted by Gasteiger charge is -2.38. The zero-order valence-corrected chi connectivity index (χ0v) is 25.2. The summed E-state index contributed by atoms with van der Waals surface area (Å²) < 4.78 is 5.46. The van der Waals surface area contributed by atoms with E-state index in [1.165, 1.54) is 11.8 Å². The van der Waals surface area contributed by atoms with Gasteiger partial charge in [-0.1, -0.05) is 36.9 Å². The number of hydrogen-bond acceptors (Lipinski definition) is 6. The molecule has 0 bridgehead atoms. The molecule has 0 radical (unpaired) electrons. The Hall–Kier alpha value is -4.23. The highest BCUT2D eigenvalue weighted by atomic mass is 16.5. The Labute approximate surface area is 248 Å². The van der Waals surface area contributed by atoms with Crippen molar-refractivity contribution in [2.75, 3.05) is 31.1 Å². The van der Waals surface area contributed by atoms with E-state index in [4.69, 9.17) is 4.74 Å². The maximum absolute atomic E-state index is 12.8. The van der Waals surface area contributed by atoms with Crippen molar-refractivity contribution in [1.82, 2.24) is 14.9 Å². The van der Waals surface area contributed by atoms with Gasteiger partial charge in [0.15, 0.2) is 5.78 Å². The van der Waals surface area contributed by atoms with E-state index in [2.05, 4.69) is 76.6 Å². The lowest BCUT2D eigenvalue weighted by Crippen LogP contribution is -2.48. The van der Waals surface area contributed by atoms with Gasteiger partial charge in [-0.3, -0.25) is 9.69 Å². The summed E-state index contributed by atoms with van der Waals surface area (Å²) in [6.07, 6.45) is 2.97. The number of ketones is 1. The van der Waals surface area contributed by atoms with E-state index in [1.54, 1.807) is 6.20 Å². The van der Waals surface area contributed by atoms with Crippen molar-refractivity contribution < 1.29 is 14.3 Å². The number of fused-ring (bicyclic) bond motifs is 1. The Morgan fingerprint density at radius 3 is 2.33 bits per heavy atom. The quantitative estimate of drug-likeness (QED) is 0.182. The summed E-state index contributed by atoms with van der Waals surface area (Å²) >= 11 is 0. The number of nitrogens with one attached hydrogen (secondary N) is 1. The van der Waals surface area contributed by atoms with Crippen LogP contribution in [0.5, 0.6) is 0 Å². The molecule has 0 saturated carbocycles. The molecular weight excluding hydrogens is 524 g/mol. The van der Waals surface area contributed by atoms with E-state index < -0.39 is 5.97 Å². The molecule has 1 N–H and O–H groups in total. The van der Waals surface area contributed by atoms with Gasteiger partial charge in [0.05, 0.1) is 17.4 Å². The first-order chi connectivity index (χ1) is 20.1. The predicted octanol–water partition coefficient (Wildman–Crippen LogP) is 6.60. The lowest BCUT2D eigenvalue weighted by atomic mass is 9.93. The van der Waals surface area contributed by atoms with E-state index in [9.17, 15) is 9.59 Å². The fourth-order valence-corrected chi connectivity index (χ4v) is 5.59. The minimum atomic E-state index is -0.406. The van der Waals surface area contributed by atoms with E-state index in [1.807, 2.05) is 32.9 Å². The molecule has 0 aliphatic carbocycles. The molecule has 218 valence electrons. The molecule has 0 unspecified atom stereocenters. The van der Waals surface area contributed by atoms with Crippen LogP contribution in [-0.2, 0) is 16.0 Å². The summed E-state index contributed by atoms with van der Waals surface area (Å²) in [4.78, 5) is 38.1. The van der Waals surface area contributed by atoms with Crippen molar-refractivity contribution in [3.63, 3.8) is 0 Å². The van der Waals surface area contributed by atoms with Crippen LogP contribution in [0.15, 0.2) is 67.4 Å². The number of aryl methyl sites for hydroxylation is 1. The summed E-state index contributed by atoms with van der Waals surface area (Å²) in [6, 6.07) is 17.2. The maximum Gasteiger partial charge on any atom is 0.339 e. The van der Waals surface area contributed by atoms with Crippen molar-refractivity contribution in [2.24, 2.45) is 0 Å². The number of hydrogen-bond donors (Lipinski definition) is 1. The summed E-state index contributed by atoms with van der Waals surface area (Å²) in [5.41, 5.74) is 8.06. The number of nitrogens with zero attached hydrogens (tertiary/aromatic N) is 3. The van der Waals surface area contributed by atoms with Gasteiger partial charge in [-0.15, -0.1) is 0 Å². The third kappa shape index (κ3) is 6.16. The first-order valence-electron chi connectivity index (χ1n) is 14.7. The highest BCUT2D eigenvalue weighted by Gasteiger charge is 2.22. The zero-order chi connectivity index (χ0) is 30.0. The van der Waals surface area contributed by atoms with Crippen LogP contribution in [0.2, 0.25) is 0 Å². The zero-order valence-electron chi connectivity index (χ0n) is 25.2. The van der Waals surface area contributed by atoms with E-state index in [-0.39, 0.29) is 18.3 Å². The number of allylic oxidation sites excluding steroid dienone is 1. The first kappa shape index (κ1) is 29.3. The number of benzene rings is 2. The number of aromatic nitrogens is 2. The van der Waals surface area contributed by atoms with Gasteiger partial charge < -0.3 is 14.6 Å². The van der Waals surface area contributed by atoms with E-state index in [0.29, 0.717) is 17.3 Å². The second-order valence-electron chi connectivity index (χ2n) is 11.6. The number of pyridine rings is 1. The van der Waals surface area contributed by atoms with Crippen LogP contribution < -0.4 is 4.90 Å². The predicted molar refractivity (Wildman–Crippen MR) is 170 cm³/mol.